The number of thioether (sulfide) groups is 1. The van der Waals surface area contributed by atoms with Crippen molar-refractivity contribution in [2.75, 3.05) is 13.2 Å². The summed E-state index contributed by atoms with van der Waals surface area (Å²) >= 11 is 12.3. The van der Waals surface area contributed by atoms with E-state index in [0.29, 0.717) is 9.99 Å². The fourth-order valence-corrected chi connectivity index (χ4v) is 2.23. The molecular weight excluding hydrogens is 327 g/mol. The Kier molecular flexibility index (Phi) is 8.69. The minimum atomic E-state index is 0.511. The molecule has 6 heteroatoms. The Morgan fingerprint density at radius 3 is 2.48 bits per heavy atom. The van der Waals surface area contributed by atoms with E-state index < -0.39 is 0 Å². The maximum absolute atomic E-state index is 5.47. The van der Waals surface area contributed by atoms with Crippen molar-refractivity contribution in [2.24, 2.45) is 15.9 Å². The Bertz CT molecular complexity index is 452. The molecule has 1 unspecified atom stereocenters. The molecule has 0 aromatic rings. The van der Waals surface area contributed by atoms with Crippen molar-refractivity contribution >= 4 is 47.4 Å². The van der Waals surface area contributed by atoms with Gasteiger partial charge < -0.3 is 14.7 Å². The number of aliphatic imine (C=N–C) groups is 2. The lowest BCUT2D eigenvalue weighted by Crippen LogP contribution is -1.88. The molecule has 1 saturated heterocycles. The second kappa shape index (κ2) is 10.0. The Morgan fingerprint density at radius 2 is 2.24 bits per heavy atom. The smallest absolute Gasteiger partial charge is 0.0492 e. The van der Waals surface area contributed by atoms with Crippen molar-refractivity contribution < 1.29 is 4.74 Å². The van der Waals surface area contributed by atoms with Crippen molar-refractivity contribution in [3.05, 3.63) is 46.1 Å². The Morgan fingerprint density at radius 1 is 1.48 bits per heavy atom. The Labute approximate surface area is 140 Å². The van der Waals surface area contributed by atoms with Gasteiger partial charge in [0, 0.05) is 23.2 Å². The number of hydrogen-bond acceptors (Lipinski definition) is 4. The van der Waals surface area contributed by atoms with Crippen LogP contribution in [0.3, 0.4) is 0 Å². The van der Waals surface area contributed by atoms with Gasteiger partial charge in [0.2, 0.25) is 0 Å². The molecule has 0 amide bonds. The van der Waals surface area contributed by atoms with Gasteiger partial charge in [-0.15, -0.1) is 42.5 Å². The molecule has 3 aliphatic heterocycles. The van der Waals surface area contributed by atoms with Gasteiger partial charge in [0.05, 0.1) is 0 Å². The van der Waals surface area contributed by atoms with Crippen LogP contribution in [-0.2, 0) is 4.74 Å². The third kappa shape index (κ3) is 8.94. The second-order valence-corrected chi connectivity index (χ2v) is 6.62. The number of nitrogens with zero attached hydrogens (tertiary/aromatic N) is 2. The summed E-state index contributed by atoms with van der Waals surface area (Å²) in [5.41, 5.74) is 0.884. The van der Waals surface area contributed by atoms with Gasteiger partial charge in [-0.05, 0) is 12.3 Å². The van der Waals surface area contributed by atoms with Crippen molar-refractivity contribution in [3.63, 3.8) is 0 Å². The van der Waals surface area contributed by atoms with E-state index in [4.69, 9.17) is 27.9 Å². The van der Waals surface area contributed by atoms with E-state index >= 15 is 0 Å². The molecule has 3 rings (SSSR count). The van der Waals surface area contributed by atoms with Gasteiger partial charge in [-0.1, -0.05) is 18.0 Å². The molecule has 0 spiro atoms. The summed E-state index contributed by atoms with van der Waals surface area (Å²) in [5.74, 6) is 0.824. The average molecular weight is 345 g/mol. The molecule has 3 aliphatic rings. The fourth-order valence-electron chi connectivity index (χ4n) is 1.34. The molecule has 3 nitrogen and oxygen atoms in total. The van der Waals surface area contributed by atoms with Crippen molar-refractivity contribution in [2.45, 2.75) is 13.3 Å². The van der Waals surface area contributed by atoms with E-state index in [2.05, 4.69) is 30.1 Å². The normalized spacial score (nSPS) is 22.9. The third-order valence-electron chi connectivity index (χ3n) is 2.47. The van der Waals surface area contributed by atoms with Gasteiger partial charge in [-0.2, -0.15) is 29.9 Å². The van der Waals surface area contributed by atoms with Crippen LogP contribution in [0.25, 0.3) is 0 Å². The predicted octanol–water partition coefficient (Wildman–Crippen LogP) is 4.96. The van der Waals surface area contributed by atoms with Crippen LogP contribution in [0.4, 0.5) is 0 Å². The minimum Gasteiger partial charge on any atom is -0.425 e. The van der Waals surface area contributed by atoms with Gasteiger partial charge in [0.25, 0.3) is 0 Å². The predicted molar refractivity (Wildman–Crippen MR) is 94.8 cm³/mol. The van der Waals surface area contributed by atoms with E-state index in [1.165, 1.54) is 18.2 Å². The quantitative estimate of drug-likeness (QED) is 0.459. The highest BCUT2D eigenvalue weighted by Crippen LogP contribution is 2.35. The number of allylic oxidation sites excluding steroid dienone is 3. The molecule has 0 bridgehead atoms. The van der Waals surface area contributed by atoms with Gasteiger partial charge >= 0.3 is 0 Å². The SMILES string of the molecule is C=C1C=NC(Cl)=C[CH-]1.C=C1C=N[C-](Cl)S1.CC1CCOC1. The highest BCUT2D eigenvalue weighted by Gasteiger charge is 2.07. The van der Waals surface area contributed by atoms with Gasteiger partial charge in [0.15, 0.2) is 0 Å². The first-order valence-electron chi connectivity index (χ1n) is 6.42. The van der Waals surface area contributed by atoms with Crippen LogP contribution in [0.15, 0.2) is 44.9 Å². The second-order valence-electron chi connectivity index (χ2n) is 4.54. The Balaban J connectivity index is 0.000000159. The number of hydrogen-bond donors (Lipinski definition) is 0. The lowest BCUT2D eigenvalue weighted by atomic mass is 10.2. The van der Waals surface area contributed by atoms with E-state index in [0.717, 1.165) is 29.6 Å². The summed E-state index contributed by atoms with van der Waals surface area (Å²) in [6.45, 7) is 11.4. The topological polar surface area (TPSA) is 34.0 Å². The number of ether oxygens (including phenoxy) is 1. The first kappa shape index (κ1) is 18.2. The zero-order valence-electron chi connectivity index (χ0n) is 11.9. The molecule has 21 heavy (non-hydrogen) atoms. The number of rotatable bonds is 0. The summed E-state index contributed by atoms with van der Waals surface area (Å²) < 4.78 is 5.06. The van der Waals surface area contributed by atoms with E-state index in [9.17, 15) is 0 Å². The molecule has 3 heterocycles. The van der Waals surface area contributed by atoms with E-state index in [1.54, 1.807) is 18.5 Å². The first-order chi connectivity index (χ1) is 9.97. The van der Waals surface area contributed by atoms with Crippen LogP contribution in [-0.4, -0.2) is 25.6 Å². The highest BCUT2D eigenvalue weighted by molar-refractivity contribution is 8.08. The summed E-state index contributed by atoms with van der Waals surface area (Å²) in [6, 6.07) is 0. The summed E-state index contributed by atoms with van der Waals surface area (Å²) in [6.07, 6.45) is 8.06. The molecular formula is C15H18Cl2N2OS-2. The molecule has 0 aromatic heterocycles. The van der Waals surface area contributed by atoms with Crippen LogP contribution < -0.4 is 0 Å². The molecule has 0 saturated carbocycles. The maximum Gasteiger partial charge on any atom is 0.0492 e. The lowest BCUT2D eigenvalue weighted by Gasteiger charge is -2.08. The van der Waals surface area contributed by atoms with Crippen molar-refractivity contribution in [3.8, 4) is 0 Å². The van der Waals surface area contributed by atoms with Crippen LogP contribution in [0.2, 0.25) is 0 Å². The summed E-state index contributed by atoms with van der Waals surface area (Å²) in [4.78, 5) is 8.99. The van der Waals surface area contributed by atoms with Crippen LogP contribution >= 0.6 is 35.0 Å². The van der Waals surface area contributed by atoms with Crippen LogP contribution in [0.1, 0.15) is 13.3 Å². The van der Waals surface area contributed by atoms with Crippen molar-refractivity contribution in [1.29, 1.82) is 0 Å². The van der Waals surface area contributed by atoms with E-state index in [-0.39, 0.29) is 0 Å². The number of halogens is 2. The lowest BCUT2D eigenvalue weighted by molar-refractivity contribution is 0.188. The maximum atomic E-state index is 5.47. The zero-order chi connectivity index (χ0) is 15.7. The Hall–Kier alpha value is -0.810. The molecule has 1 fully saturated rings. The molecule has 0 aromatic carbocycles. The third-order valence-corrected chi connectivity index (χ3v) is 3.67. The first-order valence-corrected chi connectivity index (χ1v) is 7.99. The molecule has 0 aliphatic carbocycles. The van der Waals surface area contributed by atoms with Gasteiger partial charge in [-0.3, -0.25) is 0 Å². The molecule has 116 valence electrons. The van der Waals surface area contributed by atoms with Gasteiger partial charge in [0.1, 0.15) is 0 Å². The monoisotopic (exact) mass is 344 g/mol. The van der Waals surface area contributed by atoms with Crippen LogP contribution in [0.5, 0.6) is 0 Å². The fraction of sp³-hybridized carbons (Fsp3) is 0.333. The highest BCUT2D eigenvalue weighted by atomic mass is 35.5. The molecule has 1 atom stereocenters. The average Bonchev–Trinajstić information content (AvgIpc) is 3.06. The van der Waals surface area contributed by atoms with Crippen LogP contribution in [0, 0.1) is 17.2 Å². The minimum absolute atomic E-state index is 0.511. The largest absolute Gasteiger partial charge is 0.425 e. The van der Waals surface area contributed by atoms with Crippen molar-refractivity contribution in [1.82, 2.24) is 0 Å². The summed E-state index contributed by atoms with van der Waals surface area (Å²) in [5, 5.41) is 0.511. The zero-order valence-corrected chi connectivity index (χ0v) is 14.2. The summed E-state index contributed by atoms with van der Waals surface area (Å²) in [7, 11) is 0. The van der Waals surface area contributed by atoms with Gasteiger partial charge in [-0.25, -0.2) is 0 Å². The molecule has 0 radical (unpaired) electrons. The molecule has 0 N–H and O–H groups in total. The van der Waals surface area contributed by atoms with E-state index in [1.807, 2.05) is 6.42 Å². The standard InChI is InChI=1S/C6H5ClN.C5H10O.C4H3ClNS/c1-5-2-3-6(7)8-4-5;1-5-2-3-6-4-5;1-3-2-6-4(5)7-3/h2-4H,1H2;5H,2-4H2,1H3;2H,1H2/q-1;;-1.